The van der Waals surface area contributed by atoms with Gasteiger partial charge < -0.3 is 15.2 Å². The average molecular weight is 245 g/mol. The molecule has 2 N–H and O–H groups in total. The van der Waals surface area contributed by atoms with E-state index in [9.17, 15) is 13.6 Å². The summed E-state index contributed by atoms with van der Waals surface area (Å²) >= 11 is 0. The Morgan fingerprint density at radius 3 is 2.59 bits per heavy atom. The smallest absolute Gasteiger partial charge is 0.329 e. The maximum atomic E-state index is 12.8. The van der Waals surface area contributed by atoms with E-state index in [0.717, 1.165) is 12.1 Å². The number of hydrogen-bond acceptors (Lipinski definition) is 4. The van der Waals surface area contributed by atoms with Crippen LogP contribution in [0.3, 0.4) is 0 Å². The lowest BCUT2D eigenvalue weighted by atomic mass is 10.1. The Labute approximate surface area is 97.3 Å². The topological polar surface area (TPSA) is 61.5 Å². The number of esters is 1. The Balaban J connectivity index is 2.67. The van der Waals surface area contributed by atoms with Crippen LogP contribution in [0.1, 0.15) is 6.92 Å². The SMILES string of the molecule is COC(=O)C(C)(N)COc1ccc(F)c(F)c1. The number of carbonyl (C=O) groups is 1. The van der Waals surface area contributed by atoms with E-state index in [0.29, 0.717) is 0 Å². The maximum Gasteiger partial charge on any atom is 0.329 e. The van der Waals surface area contributed by atoms with Gasteiger partial charge in [0.15, 0.2) is 11.6 Å². The zero-order valence-corrected chi connectivity index (χ0v) is 9.50. The molecule has 0 heterocycles. The van der Waals surface area contributed by atoms with Crippen molar-refractivity contribution in [3.8, 4) is 5.75 Å². The van der Waals surface area contributed by atoms with Crippen molar-refractivity contribution in [2.45, 2.75) is 12.5 Å². The summed E-state index contributed by atoms with van der Waals surface area (Å²) in [4.78, 5) is 11.2. The first kappa shape index (κ1) is 13.4. The van der Waals surface area contributed by atoms with Gasteiger partial charge in [0, 0.05) is 6.07 Å². The molecule has 0 aliphatic carbocycles. The van der Waals surface area contributed by atoms with Crippen molar-refractivity contribution in [3.63, 3.8) is 0 Å². The number of carbonyl (C=O) groups excluding carboxylic acids is 1. The van der Waals surface area contributed by atoms with Crippen LogP contribution in [0.2, 0.25) is 0 Å². The summed E-state index contributed by atoms with van der Waals surface area (Å²) < 4.78 is 35.0. The molecule has 0 fully saturated rings. The Bertz CT molecular complexity index is 421. The molecule has 0 radical (unpaired) electrons. The van der Waals surface area contributed by atoms with Gasteiger partial charge in [-0.2, -0.15) is 0 Å². The number of benzene rings is 1. The quantitative estimate of drug-likeness (QED) is 0.810. The van der Waals surface area contributed by atoms with Crippen LogP contribution in [0.5, 0.6) is 5.75 Å². The fourth-order valence-electron chi connectivity index (χ4n) is 1.09. The van der Waals surface area contributed by atoms with Crippen molar-refractivity contribution in [1.29, 1.82) is 0 Å². The molecule has 94 valence electrons. The van der Waals surface area contributed by atoms with Gasteiger partial charge in [0.05, 0.1) is 7.11 Å². The van der Waals surface area contributed by atoms with Crippen molar-refractivity contribution in [1.82, 2.24) is 0 Å². The highest BCUT2D eigenvalue weighted by Gasteiger charge is 2.30. The molecule has 0 saturated heterocycles. The summed E-state index contributed by atoms with van der Waals surface area (Å²) in [5.41, 5.74) is 4.27. The van der Waals surface area contributed by atoms with Gasteiger partial charge in [0.1, 0.15) is 17.9 Å². The van der Waals surface area contributed by atoms with E-state index < -0.39 is 23.1 Å². The summed E-state index contributed by atoms with van der Waals surface area (Å²) in [6.07, 6.45) is 0. The second-order valence-electron chi connectivity index (χ2n) is 3.77. The summed E-state index contributed by atoms with van der Waals surface area (Å²) in [7, 11) is 1.20. The molecule has 4 nitrogen and oxygen atoms in total. The van der Waals surface area contributed by atoms with Gasteiger partial charge >= 0.3 is 5.97 Å². The van der Waals surface area contributed by atoms with Gasteiger partial charge in [0.2, 0.25) is 0 Å². The zero-order chi connectivity index (χ0) is 13.1. The molecule has 0 aliphatic rings. The number of hydrogen-bond donors (Lipinski definition) is 1. The highest BCUT2D eigenvalue weighted by Crippen LogP contribution is 2.16. The van der Waals surface area contributed by atoms with Crippen LogP contribution in [-0.4, -0.2) is 25.2 Å². The molecule has 0 amide bonds. The summed E-state index contributed by atoms with van der Waals surface area (Å²) in [6, 6.07) is 3.05. The van der Waals surface area contributed by atoms with Gasteiger partial charge in [-0.3, -0.25) is 0 Å². The molecule has 1 atom stereocenters. The molecule has 0 bridgehead atoms. The fraction of sp³-hybridized carbons (Fsp3) is 0.364. The largest absolute Gasteiger partial charge is 0.491 e. The molecule has 1 aromatic carbocycles. The van der Waals surface area contributed by atoms with Gasteiger partial charge in [-0.15, -0.1) is 0 Å². The normalized spacial score (nSPS) is 13.9. The van der Waals surface area contributed by atoms with Crippen LogP contribution in [0, 0.1) is 11.6 Å². The predicted octanol–water partition coefficient (Wildman–Crippen LogP) is 1.23. The number of methoxy groups -OCH3 is 1. The Morgan fingerprint density at radius 1 is 1.41 bits per heavy atom. The molecule has 0 saturated carbocycles. The van der Waals surface area contributed by atoms with Gasteiger partial charge in [-0.25, -0.2) is 13.6 Å². The minimum absolute atomic E-state index is 0.0875. The van der Waals surface area contributed by atoms with Gasteiger partial charge in [-0.05, 0) is 19.1 Å². The molecule has 0 aliphatic heterocycles. The van der Waals surface area contributed by atoms with Crippen molar-refractivity contribution in [2.75, 3.05) is 13.7 Å². The number of nitrogens with two attached hydrogens (primary N) is 1. The minimum atomic E-state index is -1.35. The number of rotatable bonds is 4. The van der Waals surface area contributed by atoms with Crippen LogP contribution in [0.25, 0.3) is 0 Å². The Morgan fingerprint density at radius 2 is 2.06 bits per heavy atom. The average Bonchev–Trinajstić information content (AvgIpc) is 2.29. The highest BCUT2D eigenvalue weighted by atomic mass is 19.2. The monoisotopic (exact) mass is 245 g/mol. The molecular weight excluding hydrogens is 232 g/mol. The van der Waals surface area contributed by atoms with E-state index in [1.165, 1.54) is 20.1 Å². The Kier molecular flexibility index (Phi) is 4.01. The standard InChI is InChI=1S/C11H13F2NO3/c1-11(14,10(15)16-2)6-17-7-3-4-8(12)9(13)5-7/h3-5H,6,14H2,1-2H3. The second kappa shape index (κ2) is 5.09. The molecule has 0 aromatic heterocycles. The van der Waals surface area contributed by atoms with E-state index in [2.05, 4.69) is 4.74 Å². The molecule has 1 unspecified atom stereocenters. The van der Waals surface area contributed by atoms with Crippen LogP contribution < -0.4 is 10.5 Å². The van der Waals surface area contributed by atoms with Crippen molar-refractivity contribution in [2.24, 2.45) is 5.73 Å². The first-order valence-corrected chi connectivity index (χ1v) is 4.82. The Hall–Kier alpha value is -1.69. The van der Waals surface area contributed by atoms with Gasteiger partial charge in [-0.1, -0.05) is 0 Å². The zero-order valence-electron chi connectivity index (χ0n) is 9.50. The van der Waals surface area contributed by atoms with E-state index >= 15 is 0 Å². The molecule has 0 spiro atoms. The molecule has 1 rings (SSSR count). The van der Waals surface area contributed by atoms with Crippen molar-refractivity contribution in [3.05, 3.63) is 29.8 Å². The van der Waals surface area contributed by atoms with Crippen LogP contribution >= 0.6 is 0 Å². The third-order valence-corrected chi connectivity index (χ3v) is 2.08. The lowest BCUT2D eigenvalue weighted by molar-refractivity contribution is -0.147. The second-order valence-corrected chi connectivity index (χ2v) is 3.77. The lowest BCUT2D eigenvalue weighted by Crippen LogP contribution is -2.50. The van der Waals surface area contributed by atoms with Crippen molar-refractivity contribution < 1.29 is 23.0 Å². The fourth-order valence-corrected chi connectivity index (χ4v) is 1.09. The first-order chi connectivity index (χ1) is 7.86. The van der Waals surface area contributed by atoms with E-state index in [1.807, 2.05) is 0 Å². The summed E-state index contributed by atoms with van der Waals surface area (Å²) in [5, 5.41) is 0. The first-order valence-electron chi connectivity index (χ1n) is 4.82. The maximum absolute atomic E-state index is 12.8. The van der Waals surface area contributed by atoms with E-state index in [4.69, 9.17) is 10.5 Å². The van der Waals surface area contributed by atoms with E-state index in [1.54, 1.807) is 0 Å². The molecule has 6 heteroatoms. The third-order valence-electron chi connectivity index (χ3n) is 2.08. The lowest BCUT2D eigenvalue weighted by Gasteiger charge is -2.21. The summed E-state index contributed by atoms with van der Waals surface area (Å²) in [5.74, 6) is -2.57. The van der Waals surface area contributed by atoms with E-state index in [-0.39, 0.29) is 12.4 Å². The van der Waals surface area contributed by atoms with Crippen LogP contribution in [0.15, 0.2) is 18.2 Å². The molecular formula is C11H13F2NO3. The number of halogens is 2. The highest BCUT2D eigenvalue weighted by molar-refractivity contribution is 5.80. The molecule has 17 heavy (non-hydrogen) atoms. The van der Waals surface area contributed by atoms with Crippen molar-refractivity contribution >= 4 is 5.97 Å². The molecule has 1 aromatic rings. The summed E-state index contributed by atoms with van der Waals surface area (Å²) in [6.45, 7) is 1.21. The predicted molar refractivity (Wildman–Crippen MR) is 56.5 cm³/mol. The number of ether oxygens (including phenoxy) is 2. The van der Waals surface area contributed by atoms with Gasteiger partial charge in [0.25, 0.3) is 0 Å². The third kappa shape index (κ3) is 3.39. The van der Waals surface area contributed by atoms with Crippen LogP contribution in [0.4, 0.5) is 8.78 Å². The van der Waals surface area contributed by atoms with Crippen LogP contribution in [-0.2, 0) is 9.53 Å². The minimum Gasteiger partial charge on any atom is -0.491 e.